The summed E-state index contributed by atoms with van der Waals surface area (Å²) < 4.78 is 5.18. The number of aromatic nitrogens is 1. The second-order valence-corrected chi connectivity index (χ2v) is 5.79. The van der Waals surface area contributed by atoms with Crippen molar-refractivity contribution in [3.05, 3.63) is 10.6 Å². The molecule has 0 fully saturated rings. The average molecular weight is 275 g/mol. The summed E-state index contributed by atoms with van der Waals surface area (Å²) in [6.07, 6.45) is 2.12. The van der Waals surface area contributed by atoms with Crippen molar-refractivity contribution in [2.75, 3.05) is 44.7 Å². The monoisotopic (exact) mass is 275 g/mol. The number of methoxy groups -OCH3 is 1. The molecular weight excluding hydrogens is 254 g/mol. The first-order valence-electron chi connectivity index (χ1n) is 5.55. The predicted octanol–water partition coefficient (Wildman–Crippen LogP) is 1.81. The maximum atomic E-state index is 5.18. The minimum absolute atomic E-state index is 0.587. The zero-order valence-corrected chi connectivity index (χ0v) is 12.6. The largest absolute Gasteiger partial charge is 0.378 e. The highest BCUT2D eigenvalue weighted by atomic mass is 32.2. The van der Waals surface area contributed by atoms with E-state index in [0.29, 0.717) is 6.61 Å². The molecule has 1 heterocycles. The van der Waals surface area contributed by atoms with Crippen LogP contribution in [0.3, 0.4) is 0 Å². The Morgan fingerprint density at radius 3 is 2.88 bits per heavy atom. The Morgan fingerprint density at radius 2 is 2.29 bits per heavy atom. The van der Waals surface area contributed by atoms with E-state index in [9.17, 15) is 0 Å². The molecule has 1 rings (SSSR count). The van der Waals surface area contributed by atoms with Crippen LogP contribution in [0.25, 0.3) is 0 Å². The Labute approximate surface area is 112 Å². The van der Waals surface area contributed by atoms with Crippen LogP contribution in [0.5, 0.6) is 0 Å². The summed E-state index contributed by atoms with van der Waals surface area (Å²) >= 11 is 3.60. The topological polar surface area (TPSA) is 37.4 Å². The van der Waals surface area contributed by atoms with E-state index in [2.05, 4.69) is 28.5 Å². The summed E-state index contributed by atoms with van der Waals surface area (Å²) in [5, 5.41) is 4.25. The molecule has 4 nitrogen and oxygen atoms in total. The fourth-order valence-corrected chi connectivity index (χ4v) is 2.92. The minimum Gasteiger partial charge on any atom is -0.378 e. The second-order valence-electron chi connectivity index (χ2n) is 3.74. The molecule has 0 aliphatic rings. The van der Waals surface area contributed by atoms with Gasteiger partial charge in [0.15, 0.2) is 5.13 Å². The predicted molar refractivity (Wildman–Crippen MR) is 77.2 cm³/mol. The Morgan fingerprint density at radius 1 is 1.53 bits per heavy atom. The van der Waals surface area contributed by atoms with Gasteiger partial charge in [-0.3, -0.25) is 0 Å². The number of ether oxygens (including phenoxy) is 1. The van der Waals surface area contributed by atoms with Gasteiger partial charge in [0, 0.05) is 37.9 Å². The van der Waals surface area contributed by atoms with Crippen LogP contribution >= 0.6 is 23.1 Å². The van der Waals surface area contributed by atoms with Gasteiger partial charge in [-0.25, -0.2) is 4.98 Å². The third-order valence-corrected chi connectivity index (χ3v) is 4.15. The Hall–Kier alpha value is -0.300. The maximum absolute atomic E-state index is 5.18. The maximum Gasteiger partial charge on any atom is 0.185 e. The van der Waals surface area contributed by atoms with Crippen LogP contribution in [0.15, 0.2) is 0 Å². The average Bonchev–Trinajstić information content (AvgIpc) is 2.71. The molecule has 0 aromatic carbocycles. The number of nitrogens with zero attached hydrogens (tertiary/aromatic N) is 2. The number of nitrogens with one attached hydrogen (secondary N) is 1. The molecule has 0 radical (unpaired) electrons. The minimum atomic E-state index is 0.587. The molecule has 17 heavy (non-hydrogen) atoms. The zero-order chi connectivity index (χ0) is 12.7. The van der Waals surface area contributed by atoms with Crippen molar-refractivity contribution in [2.45, 2.75) is 13.2 Å². The standard InChI is InChI=1S/C11H21N3OS2/c1-12-7-10-9(8-15-3)13-11(17-10)14(2)5-6-16-4/h12H,5-8H2,1-4H3. The van der Waals surface area contributed by atoms with Gasteiger partial charge < -0.3 is 15.0 Å². The molecular formula is C11H21N3OS2. The lowest BCUT2D eigenvalue weighted by atomic mass is 10.4. The number of hydrogen-bond acceptors (Lipinski definition) is 6. The smallest absolute Gasteiger partial charge is 0.185 e. The van der Waals surface area contributed by atoms with Crippen molar-refractivity contribution in [3.63, 3.8) is 0 Å². The van der Waals surface area contributed by atoms with Gasteiger partial charge in [0.25, 0.3) is 0 Å². The van der Waals surface area contributed by atoms with Gasteiger partial charge in [-0.2, -0.15) is 11.8 Å². The van der Waals surface area contributed by atoms with Crippen molar-refractivity contribution in [1.82, 2.24) is 10.3 Å². The van der Waals surface area contributed by atoms with Gasteiger partial charge in [-0.1, -0.05) is 0 Å². The summed E-state index contributed by atoms with van der Waals surface area (Å²) in [6, 6.07) is 0. The molecule has 0 aliphatic carbocycles. The third-order valence-electron chi connectivity index (χ3n) is 2.34. The molecule has 0 aliphatic heterocycles. The zero-order valence-electron chi connectivity index (χ0n) is 10.9. The van der Waals surface area contributed by atoms with E-state index < -0.39 is 0 Å². The van der Waals surface area contributed by atoms with Crippen LogP contribution in [-0.4, -0.2) is 44.7 Å². The molecule has 0 saturated carbocycles. The van der Waals surface area contributed by atoms with Gasteiger partial charge in [0.05, 0.1) is 12.3 Å². The lowest BCUT2D eigenvalue weighted by molar-refractivity contribution is 0.181. The fraction of sp³-hybridized carbons (Fsp3) is 0.727. The molecule has 1 aromatic rings. The SMILES string of the molecule is CNCc1sc(N(C)CCSC)nc1COC. The molecule has 1 aromatic heterocycles. The quantitative estimate of drug-likeness (QED) is 0.783. The Bertz CT molecular complexity index is 307. The summed E-state index contributed by atoms with van der Waals surface area (Å²) in [5.41, 5.74) is 1.05. The van der Waals surface area contributed by atoms with Gasteiger partial charge in [-0.15, -0.1) is 11.3 Å². The van der Waals surface area contributed by atoms with Gasteiger partial charge in [-0.05, 0) is 13.3 Å². The molecule has 1 N–H and O–H groups in total. The molecule has 0 spiro atoms. The van der Waals surface area contributed by atoms with E-state index >= 15 is 0 Å². The van der Waals surface area contributed by atoms with Crippen molar-refractivity contribution >= 4 is 28.2 Å². The fourth-order valence-electron chi connectivity index (χ4n) is 1.41. The summed E-state index contributed by atoms with van der Waals surface area (Å²) in [5.74, 6) is 1.12. The Kier molecular flexibility index (Phi) is 6.87. The molecule has 0 bridgehead atoms. The van der Waals surface area contributed by atoms with Crippen molar-refractivity contribution in [3.8, 4) is 0 Å². The van der Waals surface area contributed by atoms with Gasteiger partial charge in [0.1, 0.15) is 0 Å². The third kappa shape index (κ3) is 4.46. The first kappa shape index (κ1) is 14.8. The highest BCUT2D eigenvalue weighted by Crippen LogP contribution is 2.26. The lowest BCUT2D eigenvalue weighted by Gasteiger charge is -2.14. The van der Waals surface area contributed by atoms with Crippen LogP contribution in [0, 0.1) is 0 Å². The van der Waals surface area contributed by atoms with Crippen LogP contribution in [0.1, 0.15) is 10.6 Å². The summed E-state index contributed by atoms with van der Waals surface area (Å²) in [7, 11) is 5.75. The highest BCUT2D eigenvalue weighted by Gasteiger charge is 2.13. The van der Waals surface area contributed by atoms with E-state index in [4.69, 9.17) is 4.74 Å². The molecule has 6 heteroatoms. The van der Waals surface area contributed by atoms with Crippen molar-refractivity contribution in [1.29, 1.82) is 0 Å². The van der Waals surface area contributed by atoms with Crippen LogP contribution in [-0.2, 0) is 17.9 Å². The molecule has 0 atom stereocenters. The van der Waals surface area contributed by atoms with E-state index in [-0.39, 0.29) is 0 Å². The number of thioether (sulfide) groups is 1. The molecule has 0 amide bonds. The van der Waals surface area contributed by atoms with Crippen LogP contribution in [0.2, 0.25) is 0 Å². The molecule has 0 unspecified atom stereocenters. The van der Waals surface area contributed by atoms with Crippen LogP contribution in [0.4, 0.5) is 5.13 Å². The number of anilines is 1. The van der Waals surface area contributed by atoms with E-state index in [1.807, 2.05) is 18.8 Å². The number of rotatable bonds is 8. The van der Waals surface area contributed by atoms with Gasteiger partial charge in [0.2, 0.25) is 0 Å². The number of thiazole rings is 1. The molecule has 0 saturated heterocycles. The normalized spacial score (nSPS) is 10.8. The summed E-state index contributed by atoms with van der Waals surface area (Å²) in [4.78, 5) is 8.11. The first-order chi connectivity index (χ1) is 8.22. The second kappa shape index (κ2) is 7.92. The van der Waals surface area contributed by atoms with E-state index in [1.54, 1.807) is 18.4 Å². The lowest BCUT2D eigenvalue weighted by Crippen LogP contribution is -2.19. The van der Waals surface area contributed by atoms with Gasteiger partial charge >= 0.3 is 0 Å². The summed E-state index contributed by atoms with van der Waals surface area (Å²) in [6.45, 7) is 2.47. The van der Waals surface area contributed by atoms with Crippen molar-refractivity contribution in [2.24, 2.45) is 0 Å². The first-order valence-corrected chi connectivity index (χ1v) is 7.76. The van der Waals surface area contributed by atoms with Crippen molar-refractivity contribution < 1.29 is 4.74 Å². The van der Waals surface area contributed by atoms with E-state index in [1.165, 1.54) is 4.88 Å². The van der Waals surface area contributed by atoms with E-state index in [0.717, 1.165) is 29.7 Å². The molecule has 98 valence electrons. The highest BCUT2D eigenvalue weighted by molar-refractivity contribution is 7.98. The Balaban J connectivity index is 2.75. The van der Waals surface area contributed by atoms with Crippen LogP contribution < -0.4 is 10.2 Å². The number of hydrogen-bond donors (Lipinski definition) is 1.